The Labute approximate surface area is 99.5 Å². The van der Waals surface area contributed by atoms with Crippen LogP contribution < -0.4 is 10.6 Å². The predicted molar refractivity (Wildman–Crippen MR) is 64.5 cm³/mol. The first-order valence-corrected chi connectivity index (χ1v) is 6.61. The van der Waals surface area contributed by atoms with Crippen LogP contribution in [0.4, 0.5) is 0 Å². The van der Waals surface area contributed by atoms with Crippen molar-refractivity contribution in [3.63, 3.8) is 0 Å². The molecule has 5 heteroatoms. The summed E-state index contributed by atoms with van der Waals surface area (Å²) in [6.45, 7) is 1.49. The fraction of sp³-hybridized carbons (Fsp3) is 0.636. The van der Waals surface area contributed by atoms with Crippen LogP contribution >= 0.6 is 11.3 Å². The minimum absolute atomic E-state index is 0.129. The molecule has 1 heterocycles. The first kappa shape index (κ1) is 11.5. The highest BCUT2D eigenvalue weighted by Crippen LogP contribution is 2.18. The van der Waals surface area contributed by atoms with E-state index in [0.29, 0.717) is 19.0 Å². The molecule has 88 valence electrons. The first-order chi connectivity index (χ1) is 7.84. The van der Waals surface area contributed by atoms with E-state index in [1.165, 1.54) is 12.8 Å². The Balaban J connectivity index is 1.49. The minimum atomic E-state index is 0.129. The first-order valence-electron chi connectivity index (χ1n) is 5.73. The van der Waals surface area contributed by atoms with Crippen LogP contribution in [0, 0.1) is 0 Å². The molecule has 1 saturated carbocycles. The Hall–Kier alpha value is -0.940. The molecule has 4 nitrogen and oxygen atoms in total. The molecule has 1 aromatic heterocycles. The van der Waals surface area contributed by atoms with Gasteiger partial charge in [-0.25, -0.2) is 4.98 Å². The van der Waals surface area contributed by atoms with Gasteiger partial charge in [-0.2, -0.15) is 0 Å². The molecule has 2 rings (SSSR count). The molecule has 0 bridgehead atoms. The van der Waals surface area contributed by atoms with Crippen LogP contribution in [0.1, 0.15) is 24.3 Å². The van der Waals surface area contributed by atoms with Crippen molar-refractivity contribution >= 4 is 17.2 Å². The average molecular weight is 239 g/mol. The summed E-state index contributed by atoms with van der Waals surface area (Å²) in [5, 5.41) is 9.26. The minimum Gasteiger partial charge on any atom is -0.356 e. The van der Waals surface area contributed by atoms with Crippen LogP contribution in [0.2, 0.25) is 0 Å². The number of thiazole rings is 1. The summed E-state index contributed by atoms with van der Waals surface area (Å²) in [4.78, 5) is 15.6. The van der Waals surface area contributed by atoms with E-state index in [0.717, 1.165) is 18.0 Å². The molecule has 1 aliphatic rings. The number of hydrogen-bond acceptors (Lipinski definition) is 4. The van der Waals surface area contributed by atoms with Crippen molar-refractivity contribution in [2.24, 2.45) is 0 Å². The summed E-state index contributed by atoms with van der Waals surface area (Å²) in [6, 6.07) is 0.683. The maximum atomic E-state index is 11.4. The Morgan fingerprint density at radius 2 is 2.38 bits per heavy atom. The van der Waals surface area contributed by atoms with Gasteiger partial charge in [0.1, 0.15) is 0 Å². The summed E-state index contributed by atoms with van der Waals surface area (Å²) in [6.07, 6.45) is 5.74. The lowest BCUT2D eigenvalue weighted by Gasteiger charge is -2.04. The Morgan fingerprint density at radius 3 is 3.06 bits per heavy atom. The number of aromatic nitrogens is 1. The lowest BCUT2D eigenvalue weighted by atomic mass is 10.3. The van der Waals surface area contributed by atoms with Crippen LogP contribution in [0.15, 0.2) is 11.6 Å². The summed E-state index contributed by atoms with van der Waals surface area (Å²) < 4.78 is 0. The number of rotatable bonds is 7. The highest BCUT2D eigenvalue weighted by Gasteiger charge is 2.19. The number of carbonyl (C=O) groups is 1. The summed E-state index contributed by atoms with van der Waals surface area (Å²) in [5.74, 6) is 0.129. The maximum absolute atomic E-state index is 11.4. The van der Waals surface area contributed by atoms with Gasteiger partial charge in [0, 0.05) is 43.5 Å². The van der Waals surface area contributed by atoms with E-state index in [9.17, 15) is 4.79 Å². The van der Waals surface area contributed by atoms with Gasteiger partial charge in [-0.15, -0.1) is 11.3 Å². The molecule has 0 spiro atoms. The van der Waals surface area contributed by atoms with Crippen LogP contribution in [0.3, 0.4) is 0 Å². The van der Waals surface area contributed by atoms with E-state index >= 15 is 0 Å². The van der Waals surface area contributed by atoms with Crippen molar-refractivity contribution in [2.75, 3.05) is 13.1 Å². The van der Waals surface area contributed by atoms with Gasteiger partial charge < -0.3 is 10.6 Å². The van der Waals surface area contributed by atoms with E-state index in [-0.39, 0.29) is 5.91 Å². The largest absolute Gasteiger partial charge is 0.356 e. The number of nitrogens with one attached hydrogen (secondary N) is 2. The molecule has 0 unspecified atom stereocenters. The third-order valence-corrected chi connectivity index (χ3v) is 3.35. The van der Waals surface area contributed by atoms with Crippen LogP contribution in [0.5, 0.6) is 0 Å². The van der Waals surface area contributed by atoms with E-state index in [1.54, 1.807) is 17.5 Å². The van der Waals surface area contributed by atoms with Gasteiger partial charge in [-0.3, -0.25) is 4.79 Å². The highest BCUT2D eigenvalue weighted by atomic mass is 32.1. The van der Waals surface area contributed by atoms with E-state index < -0.39 is 0 Å². The van der Waals surface area contributed by atoms with Gasteiger partial charge in [-0.1, -0.05) is 0 Å². The van der Waals surface area contributed by atoms with Gasteiger partial charge in [-0.05, 0) is 12.8 Å². The highest BCUT2D eigenvalue weighted by molar-refractivity contribution is 7.09. The second kappa shape index (κ2) is 5.96. The zero-order valence-electron chi connectivity index (χ0n) is 9.24. The Bertz CT molecular complexity index is 322. The molecule has 1 fully saturated rings. The molecule has 2 N–H and O–H groups in total. The molecule has 1 amide bonds. The number of nitrogens with zero attached hydrogens (tertiary/aromatic N) is 1. The quantitative estimate of drug-likeness (QED) is 0.744. The molecule has 0 aliphatic heterocycles. The molecular weight excluding hydrogens is 222 g/mol. The fourth-order valence-corrected chi connectivity index (χ4v) is 2.07. The maximum Gasteiger partial charge on any atom is 0.221 e. The lowest BCUT2D eigenvalue weighted by Crippen LogP contribution is -2.29. The molecular formula is C11H17N3OS. The molecule has 0 saturated heterocycles. The van der Waals surface area contributed by atoms with Gasteiger partial charge in [0.25, 0.3) is 0 Å². The second-order valence-electron chi connectivity index (χ2n) is 4.00. The smallest absolute Gasteiger partial charge is 0.221 e. The normalized spacial score (nSPS) is 15.0. The van der Waals surface area contributed by atoms with Crippen LogP contribution in [0.25, 0.3) is 0 Å². The summed E-state index contributed by atoms with van der Waals surface area (Å²) in [7, 11) is 0. The van der Waals surface area contributed by atoms with Crippen molar-refractivity contribution in [3.05, 3.63) is 16.6 Å². The number of amides is 1. The van der Waals surface area contributed by atoms with Crippen molar-refractivity contribution < 1.29 is 4.79 Å². The van der Waals surface area contributed by atoms with E-state index in [2.05, 4.69) is 15.6 Å². The van der Waals surface area contributed by atoms with Crippen molar-refractivity contribution in [2.45, 2.75) is 31.7 Å². The standard InChI is InChI=1S/C11H17N3OS/c15-10(3-5-12-9-1-2-9)13-6-4-11-14-7-8-16-11/h7-9,12H,1-6H2,(H,13,15). The molecule has 0 atom stereocenters. The number of carbonyl (C=O) groups excluding carboxylic acids is 1. The van der Waals surface area contributed by atoms with Gasteiger partial charge in [0.05, 0.1) is 5.01 Å². The van der Waals surface area contributed by atoms with E-state index in [4.69, 9.17) is 0 Å². The van der Waals surface area contributed by atoms with Crippen LogP contribution in [-0.2, 0) is 11.2 Å². The molecule has 0 radical (unpaired) electrons. The van der Waals surface area contributed by atoms with Crippen LogP contribution in [-0.4, -0.2) is 30.0 Å². The third-order valence-electron chi connectivity index (χ3n) is 2.51. The average Bonchev–Trinajstić information content (AvgIpc) is 2.94. The Kier molecular flexibility index (Phi) is 4.30. The van der Waals surface area contributed by atoms with Gasteiger partial charge in [0.2, 0.25) is 5.91 Å². The zero-order chi connectivity index (χ0) is 11.2. The molecule has 0 aromatic carbocycles. The summed E-state index contributed by atoms with van der Waals surface area (Å²) in [5.41, 5.74) is 0. The second-order valence-corrected chi connectivity index (χ2v) is 4.98. The Morgan fingerprint density at radius 1 is 1.50 bits per heavy atom. The van der Waals surface area contributed by atoms with Crippen molar-refractivity contribution in [3.8, 4) is 0 Å². The predicted octanol–water partition coefficient (Wildman–Crippen LogP) is 0.944. The fourth-order valence-electron chi connectivity index (χ4n) is 1.45. The topological polar surface area (TPSA) is 54.0 Å². The summed E-state index contributed by atoms with van der Waals surface area (Å²) >= 11 is 1.63. The van der Waals surface area contributed by atoms with Gasteiger partial charge >= 0.3 is 0 Å². The zero-order valence-corrected chi connectivity index (χ0v) is 10.1. The monoisotopic (exact) mass is 239 g/mol. The number of hydrogen-bond donors (Lipinski definition) is 2. The lowest BCUT2D eigenvalue weighted by molar-refractivity contribution is -0.120. The third kappa shape index (κ3) is 4.28. The van der Waals surface area contributed by atoms with E-state index in [1.807, 2.05) is 5.38 Å². The van der Waals surface area contributed by atoms with Gasteiger partial charge in [0.15, 0.2) is 0 Å². The van der Waals surface area contributed by atoms with Crippen molar-refractivity contribution in [1.82, 2.24) is 15.6 Å². The van der Waals surface area contributed by atoms with Crippen molar-refractivity contribution in [1.29, 1.82) is 0 Å². The molecule has 1 aromatic rings. The molecule has 1 aliphatic carbocycles. The molecule has 16 heavy (non-hydrogen) atoms. The SMILES string of the molecule is O=C(CCNC1CC1)NCCc1nccs1.